The summed E-state index contributed by atoms with van der Waals surface area (Å²) < 4.78 is 5.24. The Balaban J connectivity index is 2.05. The van der Waals surface area contributed by atoms with Gasteiger partial charge in [0.05, 0.1) is 24.6 Å². The Morgan fingerprint density at radius 1 is 1.35 bits per heavy atom. The molecule has 118 valence electrons. The lowest BCUT2D eigenvalue weighted by Crippen LogP contribution is -2.29. The number of ether oxygens (including phenoxy) is 1. The molecule has 0 spiro atoms. The van der Waals surface area contributed by atoms with Crippen molar-refractivity contribution in [1.82, 2.24) is 20.3 Å². The van der Waals surface area contributed by atoms with Crippen LogP contribution in [0.1, 0.15) is 24.2 Å². The summed E-state index contributed by atoms with van der Waals surface area (Å²) in [6.07, 6.45) is 3.31. The average molecular weight is 310 g/mol. The minimum atomic E-state index is -0.164. The van der Waals surface area contributed by atoms with E-state index < -0.39 is 0 Å². The molecule has 0 aliphatic carbocycles. The first-order valence-electron chi connectivity index (χ1n) is 7.38. The van der Waals surface area contributed by atoms with Crippen LogP contribution in [-0.2, 0) is 0 Å². The zero-order chi connectivity index (χ0) is 16.4. The van der Waals surface area contributed by atoms with Crippen LogP contribution in [0.4, 0.5) is 0 Å². The highest BCUT2D eigenvalue weighted by atomic mass is 16.5. The lowest BCUT2D eigenvalue weighted by Gasteiger charge is -2.07. The fraction of sp³-hybridized carbons (Fsp3) is 0.235. The van der Waals surface area contributed by atoms with Crippen LogP contribution in [0.5, 0.6) is 5.75 Å². The first kappa shape index (κ1) is 15.0. The number of fused-ring (bicyclic) bond motifs is 1. The van der Waals surface area contributed by atoms with Crippen LogP contribution in [0.2, 0.25) is 0 Å². The van der Waals surface area contributed by atoms with E-state index in [1.807, 2.05) is 38.1 Å². The molecular weight excluding hydrogens is 292 g/mol. The van der Waals surface area contributed by atoms with Gasteiger partial charge in [-0.1, -0.05) is 12.1 Å². The van der Waals surface area contributed by atoms with Crippen molar-refractivity contribution >= 4 is 17.1 Å². The highest BCUT2D eigenvalue weighted by molar-refractivity contribution is 6.04. The molecule has 3 aromatic rings. The van der Waals surface area contributed by atoms with Crippen molar-refractivity contribution in [3.05, 3.63) is 42.2 Å². The molecule has 6 heteroatoms. The van der Waals surface area contributed by atoms with E-state index in [0.717, 1.165) is 11.3 Å². The zero-order valence-electron chi connectivity index (χ0n) is 13.3. The molecule has 0 aliphatic rings. The molecule has 0 atom stereocenters. The Morgan fingerprint density at radius 3 is 2.91 bits per heavy atom. The van der Waals surface area contributed by atoms with Gasteiger partial charge in [0.25, 0.3) is 5.91 Å². The summed E-state index contributed by atoms with van der Waals surface area (Å²) in [6.45, 7) is 3.83. The Kier molecular flexibility index (Phi) is 3.97. The molecule has 0 radical (unpaired) electrons. The molecule has 2 aromatic heterocycles. The number of carbonyl (C=O) groups excluding carboxylic acids is 1. The van der Waals surface area contributed by atoms with E-state index in [4.69, 9.17) is 4.74 Å². The number of hydrogen-bond acceptors (Lipinski definition) is 4. The fourth-order valence-corrected chi connectivity index (χ4v) is 2.33. The lowest BCUT2D eigenvalue weighted by molar-refractivity contribution is 0.0944. The van der Waals surface area contributed by atoms with E-state index in [2.05, 4.69) is 20.3 Å². The van der Waals surface area contributed by atoms with Gasteiger partial charge in [-0.3, -0.25) is 4.79 Å². The Morgan fingerprint density at radius 2 is 2.17 bits per heavy atom. The number of nitrogens with zero attached hydrogens (tertiary/aromatic N) is 2. The molecule has 0 fully saturated rings. The lowest BCUT2D eigenvalue weighted by atomic mass is 10.1. The van der Waals surface area contributed by atoms with Crippen LogP contribution in [-0.4, -0.2) is 34.0 Å². The molecule has 2 N–H and O–H groups in total. The third-order valence-electron chi connectivity index (χ3n) is 3.41. The third kappa shape index (κ3) is 3.01. The van der Waals surface area contributed by atoms with Gasteiger partial charge in [0.1, 0.15) is 11.3 Å². The number of aromatic amines is 1. The minimum absolute atomic E-state index is 0.0574. The molecule has 0 saturated heterocycles. The second-order valence-corrected chi connectivity index (χ2v) is 5.51. The summed E-state index contributed by atoms with van der Waals surface area (Å²) in [6, 6.07) is 7.63. The van der Waals surface area contributed by atoms with Gasteiger partial charge in [-0.05, 0) is 26.0 Å². The van der Waals surface area contributed by atoms with E-state index in [9.17, 15) is 4.79 Å². The van der Waals surface area contributed by atoms with Crippen LogP contribution in [0.25, 0.3) is 22.4 Å². The van der Waals surface area contributed by atoms with Gasteiger partial charge in [0.2, 0.25) is 0 Å². The number of H-pyrrole nitrogens is 1. The van der Waals surface area contributed by atoms with Crippen LogP contribution in [0.15, 0.2) is 36.7 Å². The predicted octanol–water partition coefficient (Wildman–Crippen LogP) is 2.77. The quantitative estimate of drug-likeness (QED) is 0.776. The van der Waals surface area contributed by atoms with E-state index >= 15 is 0 Å². The normalized spacial score (nSPS) is 11.0. The number of nitrogens with one attached hydrogen (secondary N) is 2. The van der Waals surface area contributed by atoms with Gasteiger partial charge in [-0.2, -0.15) is 0 Å². The van der Waals surface area contributed by atoms with Crippen molar-refractivity contribution in [3.8, 4) is 17.0 Å². The first-order valence-corrected chi connectivity index (χ1v) is 7.38. The van der Waals surface area contributed by atoms with Gasteiger partial charge in [0.15, 0.2) is 5.65 Å². The monoisotopic (exact) mass is 310 g/mol. The van der Waals surface area contributed by atoms with E-state index in [0.29, 0.717) is 22.4 Å². The van der Waals surface area contributed by atoms with Crippen LogP contribution in [0, 0.1) is 0 Å². The number of methoxy groups -OCH3 is 1. The first-order chi connectivity index (χ1) is 11.1. The summed E-state index contributed by atoms with van der Waals surface area (Å²) in [5.41, 5.74) is 3.21. The van der Waals surface area contributed by atoms with Crippen molar-refractivity contribution in [3.63, 3.8) is 0 Å². The van der Waals surface area contributed by atoms with Gasteiger partial charge in [-0.15, -0.1) is 0 Å². The van der Waals surface area contributed by atoms with E-state index in [-0.39, 0.29) is 11.9 Å². The molecule has 0 bridgehead atoms. The number of hydrogen-bond donors (Lipinski definition) is 2. The summed E-state index contributed by atoms with van der Waals surface area (Å²) >= 11 is 0. The number of aromatic nitrogens is 3. The summed E-state index contributed by atoms with van der Waals surface area (Å²) in [7, 11) is 1.62. The highest BCUT2D eigenvalue weighted by Gasteiger charge is 2.16. The zero-order valence-corrected chi connectivity index (χ0v) is 13.3. The molecule has 0 aliphatic heterocycles. The van der Waals surface area contributed by atoms with Crippen LogP contribution >= 0.6 is 0 Å². The number of rotatable bonds is 4. The Labute approximate surface area is 133 Å². The molecule has 0 saturated carbocycles. The van der Waals surface area contributed by atoms with Gasteiger partial charge in [0, 0.05) is 17.8 Å². The largest absolute Gasteiger partial charge is 0.497 e. The standard InChI is InChI=1S/C17H18N4O2/c1-10(2)20-17(22)13-8-18-16-15(13)21-14(9-19-16)11-5-4-6-12(7-11)23-3/h4-10H,1-3H3,(H,18,19)(H,20,22). The SMILES string of the molecule is COc1cccc(-c2cnc3[nH]cc(C(=O)NC(C)C)c3n2)c1. The summed E-state index contributed by atoms with van der Waals surface area (Å²) in [4.78, 5) is 24.2. The predicted molar refractivity (Wildman–Crippen MR) is 88.5 cm³/mol. The van der Waals surface area contributed by atoms with Crippen molar-refractivity contribution in [2.24, 2.45) is 0 Å². The van der Waals surface area contributed by atoms with Gasteiger partial charge >= 0.3 is 0 Å². The maximum Gasteiger partial charge on any atom is 0.255 e. The Hall–Kier alpha value is -2.89. The number of carbonyl (C=O) groups is 1. The number of benzene rings is 1. The van der Waals surface area contributed by atoms with E-state index in [1.54, 1.807) is 19.5 Å². The molecule has 0 unspecified atom stereocenters. The minimum Gasteiger partial charge on any atom is -0.497 e. The molecular formula is C17H18N4O2. The highest BCUT2D eigenvalue weighted by Crippen LogP contribution is 2.24. The molecule has 1 amide bonds. The second kappa shape index (κ2) is 6.08. The average Bonchev–Trinajstić information content (AvgIpc) is 2.97. The summed E-state index contributed by atoms with van der Waals surface area (Å²) in [5, 5.41) is 2.87. The third-order valence-corrected chi connectivity index (χ3v) is 3.41. The van der Waals surface area contributed by atoms with Gasteiger partial charge < -0.3 is 15.0 Å². The summed E-state index contributed by atoms with van der Waals surface area (Å²) in [5.74, 6) is 0.583. The molecule has 23 heavy (non-hydrogen) atoms. The van der Waals surface area contributed by atoms with Crippen molar-refractivity contribution in [2.75, 3.05) is 7.11 Å². The van der Waals surface area contributed by atoms with Gasteiger partial charge in [-0.25, -0.2) is 9.97 Å². The van der Waals surface area contributed by atoms with Crippen molar-refractivity contribution in [1.29, 1.82) is 0 Å². The second-order valence-electron chi connectivity index (χ2n) is 5.51. The molecule has 3 rings (SSSR count). The fourth-order valence-electron chi connectivity index (χ4n) is 2.33. The molecule has 1 aromatic carbocycles. The van der Waals surface area contributed by atoms with Crippen LogP contribution in [0.3, 0.4) is 0 Å². The molecule has 2 heterocycles. The van der Waals surface area contributed by atoms with Crippen LogP contribution < -0.4 is 10.1 Å². The maximum absolute atomic E-state index is 12.3. The smallest absolute Gasteiger partial charge is 0.255 e. The Bertz CT molecular complexity index is 855. The number of amides is 1. The van der Waals surface area contributed by atoms with Crippen molar-refractivity contribution < 1.29 is 9.53 Å². The van der Waals surface area contributed by atoms with Crippen molar-refractivity contribution in [2.45, 2.75) is 19.9 Å². The van der Waals surface area contributed by atoms with E-state index in [1.165, 1.54) is 0 Å². The maximum atomic E-state index is 12.3. The molecule has 6 nitrogen and oxygen atoms in total. The topological polar surface area (TPSA) is 79.9 Å².